The number of aromatic hydroxyl groups is 1. The van der Waals surface area contributed by atoms with Gasteiger partial charge in [0.15, 0.2) is 0 Å². The summed E-state index contributed by atoms with van der Waals surface area (Å²) in [7, 11) is 0. The van der Waals surface area contributed by atoms with Crippen LogP contribution >= 0.6 is 11.3 Å². The minimum atomic E-state index is -0.259. The van der Waals surface area contributed by atoms with Crippen LogP contribution in [-0.4, -0.2) is 16.3 Å². The number of nitrogens with zero attached hydrogens (tertiary/aromatic N) is 2. The lowest BCUT2D eigenvalue weighted by atomic mass is 9.79. The zero-order chi connectivity index (χ0) is 27.9. The number of thiazole rings is 1. The number of phenols is 1. The number of hydrogen-bond donors (Lipinski definition) is 1. The summed E-state index contributed by atoms with van der Waals surface area (Å²) in [6.07, 6.45) is 1.76. The molecule has 0 fully saturated rings. The van der Waals surface area contributed by atoms with Gasteiger partial charge in [0.1, 0.15) is 16.6 Å². The number of halogens is 1. The van der Waals surface area contributed by atoms with Crippen LogP contribution in [0.4, 0.5) is 10.1 Å². The SMILES string of the molecule is CC(C)(C)c1cc(C=Nc2ccccc2-c2nc3c(-c4ccc(F)cc4)cccc3s2)c(O)c(C(C)(C)C)c1. The Morgan fingerprint density at radius 2 is 1.51 bits per heavy atom. The molecule has 0 unspecified atom stereocenters. The van der Waals surface area contributed by atoms with Crippen molar-refractivity contribution in [1.29, 1.82) is 0 Å². The summed E-state index contributed by atoms with van der Waals surface area (Å²) in [5.74, 6) is 0.00559. The monoisotopic (exact) mass is 536 g/mol. The summed E-state index contributed by atoms with van der Waals surface area (Å²) in [6.45, 7) is 12.9. The predicted molar refractivity (Wildman–Crippen MR) is 163 cm³/mol. The second-order valence-electron chi connectivity index (χ2n) is 11.9. The van der Waals surface area contributed by atoms with Crippen LogP contribution in [-0.2, 0) is 10.8 Å². The van der Waals surface area contributed by atoms with E-state index in [0.717, 1.165) is 48.7 Å². The third-order valence-electron chi connectivity index (χ3n) is 6.86. The molecule has 0 amide bonds. The Morgan fingerprint density at radius 1 is 0.821 bits per heavy atom. The Morgan fingerprint density at radius 3 is 2.21 bits per heavy atom. The molecule has 0 bridgehead atoms. The van der Waals surface area contributed by atoms with Gasteiger partial charge >= 0.3 is 0 Å². The molecule has 0 saturated carbocycles. The first-order chi connectivity index (χ1) is 18.4. The molecule has 0 atom stereocenters. The van der Waals surface area contributed by atoms with Crippen molar-refractivity contribution in [1.82, 2.24) is 4.98 Å². The van der Waals surface area contributed by atoms with E-state index in [1.54, 1.807) is 29.7 Å². The van der Waals surface area contributed by atoms with Gasteiger partial charge in [-0.25, -0.2) is 9.37 Å². The van der Waals surface area contributed by atoms with Gasteiger partial charge in [-0.2, -0.15) is 0 Å². The Balaban J connectivity index is 1.59. The Labute approximate surface area is 233 Å². The topological polar surface area (TPSA) is 45.5 Å². The van der Waals surface area contributed by atoms with Crippen LogP contribution in [0.3, 0.4) is 0 Å². The van der Waals surface area contributed by atoms with E-state index in [2.05, 4.69) is 53.7 Å². The molecular weight excluding hydrogens is 503 g/mol. The van der Waals surface area contributed by atoms with Crippen LogP contribution in [0.5, 0.6) is 5.75 Å². The molecule has 1 N–H and O–H groups in total. The maximum Gasteiger partial charge on any atom is 0.128 e. The van der Waals surface area contributed by atoms with Crippen LogP contribution in [0.1, 0.15) is 58.2 Å². The molecule has 1 heterocycles. The van der Waals surface area contributed by atoms with E-state index in [1.807, 2.05) is 42.5 Å². The first kappa shape index (κ1) is 26.8. The molecule has 1 aromatic heterocycles. The summed E-state index contributed by atoms with van der Waals surface area (Å²) < 4.78 is 14.6. The van der Waals surface area contributed by atoms with Crippen molar-refractivity contribution < 1.29 is 9.50 Å². The second kappa shape index (κ2) is 10.0. The molecule has 198 valence electrons. The lowest BCUT2D eigenvalue weighted by Gasteiger charge is -2.27. The lowest BCUT2D eigenvalue weighted by Crippen LogP contribution is -2.17. The van der Waals surface area contributed by atoms with E-state index in [4.69, 9.17) is 9.98 Å². The van der Waals surface area contributed by atoms with Gasteiger partial charge in [0, 0.05) is 28.5 Å². The largest absolute Gasteiger partial charge is 0.507 e. The maximum atomic E-state index is 13.5. The van der Waals surface area contributed by atoms with Gasteiger partial charge in [0.05, 0.1) is 15.9 Å². The van der Waals surface area contributed by atoms with Crippen LogP contribution in [0.15, 0.2) is 83.9 Å². The van der Waals surface area contributed by atoms with Gasteiger partial charge in [-0.15, -0.1) is 11.3 Å². The van der Waals surface area contributed by atoms with Crippen LogP contribution in [0, 0.1) is 5.82 Å². The Bertz CT molecular complexity index is 1690. The first-order valence-electron chi connectivity index (χ1n) is 13.1. The lowest BCUT2D eigenvalue weighted by molar-refractivity contribution is 0.444. The van der Waals surface area contributed by atoms with E-state index < -0.39 is 0 Å². The molecular formula is C34H33FN2OS. The normalized spacial score (nSPS) is 12.5. The summed E-state index contributed by atoms with van der Waals surface area (Å²) >= 11 is 1.60. The highest BCUT2D eigenvalue weighted by Crippen LogP contribution is 2.40. The number of para-hydroxylation sites is 2. The average Bonchev–Trinajstić information content (AvgIpc) is 3.32. The highest BCUT2D eigenvalue weighted by molar-refractivity contribution is 7.21. The third-order valence-corrected chi connectivity index (χ3v) is 7.92. The summed E-state index contributed by atoms with van der Waals surface area (Å²) in [4.78, 5) is 9.87. The maximum absolute atomic E-state index is 13.5. The molecule has 5 heteroatoms. The van der Waals surface area contributed by atoms with Crippen molar-refractivity contribution in [2.24, 2.45) is 4.99 Å². The Hall–Kier alpha value is -3.83. The van der Waals surface area contributed by atoms with E-state index in [0.29, 0.717) is 5.56 Å². The first-order valence-corrected chi connectivity index (χ1v) is 13.9. The average molecular weight is 537 g/mol. The van der Waals surface area contributed by atoms with Crippen molar-refractivity contribution in [3.05, 3.63) is 101 Å². The van der Waals surface area contributed by atoms with Crippen LogP contribution < -0.4 is 0 Å². The van der Waals surface area contributed by atoms with Gasteiger partial charge in [-0.1, -0.05) is 84.0 Å². The number of fused-ring (bicyclic) bond motifs is 1. The molecule has 4 aromatic carbocycles. The van der Waals surface area contributed by atoms with Crippen molar-refractivity contribution in [2.45, 2.75) is 52.4 Å². The predicted octanol–water partition coefficient (Wildman–Crippen LogP) is 9.82. The van der Waals surface area contributed by atoms with E-state index in [-0.39, 0.29) is 22.4 Å². The van der Waals surface area contributed by atoms with Crippen LogP contribution in [0.25, 0.3) is 31.9 Å². The summed E-state index contributed by atoms with van der Waals surface area (Å²) in [6, 6.07) is 24.7. The number of aliphatic imine (C=N–C) groups is 1. The van der Waals surface area contributed by atoms with Crippen molar-refractivity contribution in [2.75, 3.05) is 0 Å². The Kier molecular flexibility index (Phi) is 6.90. The highest BCUT2D eigenvalue weighted by Gasteiger charge is 2.24. The molecule has 0 aliphatic carbocycles. The number of benzene rings is 4. The molecule has 0 aliphatic rings. The molecule has 5 rings (SSSR count). The van der Waals surface area contributed by atoms with Gasteiger partial charge in [-0.05, 0) is 58.4 Å². The van der Waals surface area contributed by atoms with E-state index in [9.17, 15) is 9.50 Å². The second-order valence-corrected chi connectivity index (χ2v) is 12.9. The smallest absolute Gasteiger partial charge is 0.128 e. The van der Waals surface area contributed by atoms with E-state index >= 15 is 0 Å². The molecule has 0 radical (unpaired) electrons. The highest BCUT2D eigenvalue weighted by atomic mass is 32.1. The zero-order valence-corrected chi connectivity index (χ0v) is 24.0. The van der Waals surface area contributed by atoms with Gasteiger partial charge in [0.25, 0.3) is 0 Å². The number of hydrogen-bond acceptors (Lipinski definition) is 4. The minimum Gasteiger partial charge on any atom is -0.507 e. The quantitative estimate of drug-likeness (QED) is 0.232. The zero-order valence-electron chi connectivity index (χ0n) is 23.2. The van der Waals surface area contributed by atoms with Gasteiger partial charge < -0.3 is 5.11 Å². The minimum absolute atomic E-state index is 0.0720. The molecule has 3 nitrogen and oxygen atoms in total. The molecule has 0 aliphatic heterocycles. The van der Waals surface area contributed by atoms with Crippen LogP contribution in [0.2, 0.25) is 0 Å². The fraction of sp³-hybridized carbons (Fsp3) is 0.235. The third kappa shape index (κ3) is 5.50. The summed E-state index contributed by atoms with van der Waals surface area (Å²) in [5.41, 5.74) is 6.94. The van der Waals surface area contributed by atoms with Gasteiger partial charge in [-0.3, -0.25) is 4.99 Å². The van der Waals surface area contributed by atoms with Crippen molar-refractivity contribution >= 4 is 33.5 Å². The molecule has 5 aromatic rings. The molecule has 0 spiro atoms. The number of phenolic OH excluding ortho intramolecular Hbond substituents is 1. The number of rotatable bonds is 4. The van der Waals surface area contributed by atoms with Crippen molar-refractivity contribution in [3.63, 3.8) is 0 Å². The molecule has 39 heavy (non-hydrogen) atoms. The summed E-state index contributed by atoms with van der Waals surface area (Å²) in [5, 5.41) is 12.1. The van der Waals surface area contributed by atoms with E-state index in [1.165, 1.54) is 12.1 Å². The fourth-order valence-corrected chi connectivity index (χ4v) is 5.62. The number of aromatic nitrogens is 1. The fourth-order valence-electron chi connectivity index (χ4n) is 4.59. The standard InChI is InChI=1S/C34H33FN2OS/c1-33(2,3)23-18-22(31(38)27(19-23)34(4,5)6)20-36-28-12-8-7-10-26(28)32-37-30-25(11-9-13-29(30)39-32)21-14-16-24(35)17-15-21/h7-20,38H,1-6H3. The van der Waals surface area contributed by atoms with Gasteiger partial charge in [0.2, 0.25) is 0 Å². The van der Waals surface area contributed by atoms with Crippen molar-refractivity contribution in [3.8, 4) is 27.4 Å². The molecule has 0 saturated heterocycles.